The van der Waals surface area contributed by atoms with Gasteiger partial charge in [0.15, 0.2) is 0 Å². The smallest absolute Gasteiger partial charge is 0.410 e. The number of carbonyl (C=O) groups is 1. The SMILES string of the molecule is C[C@@H](Cn1cnnn1)Oc1cc(-c2cnc(Nc3ccc4c(c3)CCN(C(=O)OC(C)(C)C)C4)nc2)ccc1Cl. The van der Waals surface area contributed by atoms with Crippen LogP contribution in [0.15, 0.2) is 55.1 Å². The van der Waals surface area contributed by atoms with Crippen LogP contribution in [0.2, 0.25) is 5.02 Å². The van der Waals surface area contributed by atoms with E-state index in [1.807, 2.05) is 52.0 Å². The van der Waals surface area contributed by atoms with Gasteiger partial charge in [0, 0.05) is 36.7 Å². The highest BCUT2D eigenvalue weighted by atomic mass is 35.5. The molecular weight excluding hydrogens is 532 g/mol. The van der Waals surface area contributed by atoms with Crippen molar-refractivity contribution in [1.82, 2.24) is 35.1 Å². The van der Waals surface area contributed by atoms with Crippen molar-refractivity contribution in [3.63, 3.8) is 0 Å². The Morgan fingerprint density at radius 1 is 1.10 bits per heavy atom. The molecule has 208 valence electrons. The fourth-order valence-electron chi connectivity index (χ4n) is 4.34. The van der Waals surface area contributed by atoms with Crippen LogP contribution in [0.25, 0.3) is 11.1 Å². The highest BCUT2D eigenvalue weighted by Crippen LogP contribution is 2.31. The summed E-state index contributed by atoms with van der Waals surface area (Å²) in [6.45, 7) is 9.17. The summed E-state index contributed by atoms with van der Waals surface area (Å²) < 4.78 is 13.2. The maximum Gasteiger partial charge on any atom is 0.410 e. The van der Waals surface area contributed by atoms with E-state index in [0.29, 0.717) is 36.4 Å². The maximum absolute atomic E-state index is 12.5. The summed E-state index contributed by atoms with van der Waals surface area (Å²) in [5.41, 5.74) is 4.36. The standard InChI is InChI=1S/C28H31ClN8O3/c1-18(15-37-17-32-34-35-37)39-25-12-19(6-8-24(25)29)22-13-30-26(31-14-22)33-23-7-5-21-16-36(10-9-20(21)11-23)27(38)40-28(2,3)4/h5-8,11-14,17-18H,9-10,15-16H2,1-4H3,(H,30,31,33)/t18-/m0/s1. The van der Waals surface area contributed by atoms with Gasteiger partial charge in [-0.2, -0.15) is 0 Å². The molecule has 5 rings (SSSR count). The third-order valence-corrected chi connectivity index (χ3v) is 6.52. The van der Waals surface area contributed by atoms with Gasteiger partial charge in [-0.25, -0.2) is 19.4 Å². The van der Waals surface area contributed by atoms with Gasteiger partial charge < -0.3 is 19.7 Å². The van der Waals surface area contributed by atoms with Crippen LogP contribution in [0.3, 0.4) is 0 Å². The predicted octanol–water partition coefficient (Wildman–Crippen LogP) is 5.29. The first kappa shape index (κ1) is 27.3. The van der Waals surface area contributed by atoms with Crippen molar-refractivity contribution in [2.45, 2.75) is 58.9 Å². The Balaban J connectivity index is 1.22. The summed E-state index contributed by atoms with van der Waals surface area (Å²) in [5.74, 6) is 1.04. The molecule has 1 aliphatic rings. The first-order valence-corrected chi connectivity index (χ1v) is 13.4. The number of hydrogen-bond acceptors (Lipinski definition) is 9. The summed E-state index contributed by atoms with van der Waals surface area (Å²) in [4.78, 5) is 23.2. The summed E-state index contributed by atoms with van der Waals surface area (Å²) in [6, 6.07) is 11.6. The van der Waals surface area contributed by atoms with Gasteiger partial charge in [-0.05, 0) is 85.5 Å². The van der Waals surface area contributed by atoms with Crippen molar-refractivity contribution in [2.75, 3.05) is 11.9 Å². The lowest BCUT2D eigenvalue weighted by Gasteiger charge is -2.31. The van der Waals surface area contributed by atoms with Gasteiger partial charge in [-0.3, -0.25) is 0 Å². The number of fused-ring (bicyclic) bond motifs is 1. The average Bonchev–Trinajstić information content (AvgIpc) is 3.42. The summed E-state index contributed by atoms with van der Waals surface area (Å²) in [6.07, 6.45) is 5.31. The fourth-order valence-corrected chi connectivity index (χ4v) is 4.50. The normalized spacial score (nSPS) is 13.9. The molecule has 12 heteroatoms. The molecule has 2 aromatic heterocycles. The predicted molar refractivity (Wildman–Crippen MR) is 150 cm³/mol. The second-order valence-electron chi connectivity index (χ2n) is 10.7. The van der Waals surface area contributed by atoms with Crippen LogP contribution in [-0.4, -0.2) is 59.4 Å². The molecule has 1 aliphatic heterocycles. The quantitative estimate of drug-likeness (QED) is 0.320. The van der Waals surface area contributed by atoms with Crippen molar-refractivity contribution >= 4 is 29.3 Å². The number of carbonyl (C=O) groups excluding carboxylic acids is 1. The van der Waals surface area contributed by atoms with E-state index in [4.69, 9.17) is 21.1 Å². The number of halogens is 1. The molecule has 0 spiro atoms. The topological polar surface area (TPSA) is 120 Å². The van der Waals surface area contributed by atoms with Gasteiger partial charge in [-0.1, -0.05) is 23.7 Å². The molecule has 0 bridgehead atoms. The third kappa shape index (κ3) is 6.84. The molecular formula is C28H31ClN8O3. The Bertz CT molecular complexity index is 1470. The zero-order valence-corrected chi connectivity index (χ0v) is 23.6. The summed E-state index contributed by atoms with van der Waals surface area (Å²) in [5, 5.41) is 14.9. The van der Waals surface area contributed by atoms with E-state index in [-0.39, 0.29) is 12.2 Å². The van der Waals surface area contributed by atoms with Crippen molar-refractivity contribution < 1.29 is 14.3 Å². The minimum absolute atomic E-state index is 0.198. The minimum Gasteiger partial charge on any atom is -0.487 e. The number of tetrazole rings is 1. The second-order valence-corrected chi connectivity index (χ2v) is 11.1. The molecule has 2 aromatic carbocycles. The molecule has 0 fully saturated rings. The van der Waals surface area contributed by atoms with E-state index in [1.54, 1.807) is 28.0 Å². The first-order chi connectivity index (χ1) is 19.1. The molecule has 4 aromatic rings. The molecule has 1 N–H and O–H groups in total. The van der Waals surface area contributed by atoms with Crippen LogP contribution in [0.5, 0.6) is 5.75 Å². The Morgan fingerprint density at radius 3 is 2.62 bits per heavy atom. The van der Waals surface area contributed by atoms with E-state index in [0.717, 1.165) is 28.8 Å². The largest absolute Gasteiger partial charge is 0.487 e. The van der Waals surface area contributed by atoms with E-state index >= 15 is 0 Å². The zero-order valence-electron chi connectivity index (χ0n) is 22.8. The number of rotatable bonds is 7. The molecule has 40 heavy (non-hydrogen) atoms. The van der Waals surface area contributed by atoms with Crippen molar-refractivity contribution in [2.24, 2.45) is 0 Å². The highest BCUT2D eigenvalue weighted by Gasteiger charge is 2.25. The van der Waals surface area contributed by atoms with Crippen molar-refractivity contribution in [1.29, 1.82) is 0 Å². The van der Waals surface area contributed by atoms with E-state index in [9.17, 15) is 4.79 Å². The lowest BCUT2D eigenvalue weighted by atomic mass is 9.99. The molecule has 1 atom stereocenters. The number of aromatic nitrogens is 6. The summed E-state index contributed by atoms with van der Waals surface area (Å²) >= 11 is 6.39. The van der Waals surface area contributed by atoms with Crippen LogP contribution in [0.1, 0.15) is 38.8 Å². The molecule has 0 saturated carbocycles. The number of nitrogens with one attached hydrogen (secondary N) is 1. The first-order valence-electron chi connectivity index (χ1n) is 13.0. The molecule has 0 aliphatic carbocycles. The monoisotopic (exact) mass is 562 g/mol. The number of benzene rings is 2. The van der Waals surface area contributed by atoms with Gasteiger partial charge in [-0.15, -0.1) is 5.10 Å². The Kier molecular flexibility index (Phi) is 7.83. The van der Waals surface area contributed by atoms with Gasteiger partial charge in [0.1, 0.15) is 23.8 Å². The van der Waals surface area contributed by atoms with Crippen LogP contribution in [0, 0.1) is 0 Å². The van der Waals surface area contributed by atoms with E-state index in [2.05, 4.69) is 36.9 Å². The second kappa shape index (κ2) is 11.5. The number of anilines is 2. The van der Waals surface area contributed by atoms with Crippen molar-refractivity contribution in [3.8, 4) is 16.9 Å². The van der Waals surface area contributed by atoms with Crippen LogP contribution >= 0.6 is 11.6 Å². The lowest BCUT2D eigenvalue weighted by Crippen LogP contribution is -2.39. The number of hydrogen-bond donors (Lipinski definition) is 1. The maximum atomic E-state index is 12.5. The fraction of sp³-hybridized carbons (Fsp3) is 0.357. The van der Waals surface area contributed by atoms with Crippen LogP contribution in [0.4, 0.5) is 16.4 Å². The molecule has 3 heterocycles. The third-order valence-electron chi connectivity index (χ3n) is 6.21. The van der Waals surface area contributed by atoms with E-state index < -0.39 is 5.60 Å². The summed E-state index contributed by atoms with van der Waals surface area (Å²) in [7, 11) is 0. The minimum atomic E-state index is -0.514. The van der Waals surface area contributed by atoms with Gasteiger partial charge in [0.2, 0.25) is 5.95 Å². The van der Waals surface area contributed by atoms with Crippen LogP contribution in [-0.2, 0) is 24.2 Å². The number of ether oxygens (including phenoxy) is 2. The van der Waals surface area contributed by atoms with Crippen molar-refractivity contribution in [3.05, 3.63) is 71.3 Å². The molecule has 11 nitrogen and oxygen atoms in total. The molecule has 1 amide bonds. The number of nitrogens with zero attached hydrogens (tertiary/aromatic N) is 7. The highest BCUT2D eigenvalue weighted by molar-refractivity contribution is 6.32. The molecule has 0 saturated heterocycles. The Hall–Kier alpha value is -4.25. The van der Waals surface area contributed by atoms with Gasteiger partial charge in [0.25, 0.3) is 0 Å². The van der Waals surface area contributed by atoms with Gasteiger partial charge in [0.05, 0.1) is 11.6 Å². The Labute approximate surface area is 237 Å². The number of amides is 1. The zero-order chi connectivity index (χ0) is 28.3. The van der Waals surface area contributed by atoms with Gasteiger partial charge >= 0.3 is 6.09 Å². The van der Waals surface area contributed by atoms with Crippen LogP contribution < -0.4 is 10.1 Å². The lowest BCUT2D eigenvalue weighted by molar-refractivity contribution is 0.0224. The average molecular weight is 563 g/mol. The Morgan fingerprint density at radius 2 is 1.90 bits per heavy atom. The molecule has 0 radical (unpaired) electrons. The molecule has 0 unspecified atom stereocenters. The van der Waals surface area contributed by atoms with E-state index in [1.165, 1.54) is 11.9 Å².